The van der Waals surface area contributed by atoms with Gasteiger partial charge in [0.25, 0.3) is 5.56 Å². The largest absolute Gasteiger partial charge is 0.396 e. The van der Waals surface area contributed by atoms with Crippen LogP contribution in [0.15, 0.2) is 65.5 Å². The Bertz CT molecular complexity index is 1060. The molecule has 0 saturated carbocycles. The molecule has 1 atom stereocenters. The van der Waals surface area contributed by atoms with Crippen LogP contribution in [0.2, 0.25) is 0 Å². The van der Waals surface area contributed by atoms with Crippen molar-refractivity contribution < 1.29 is 9.90 Å². The lowest BCUT2D eigenvalue weighted by molar-refractivity contribution is -0.122. The van der Waals surface area contributed by atoms with E-state index in [0.29, 0.717) is 17.1 Å². The molecule has 162 valence electrons. The molecule has 0 aliphatic carbocycles. The van der Waals surface area contributed by atoms with Gasteiger partial charge in [0.15, 0.2) is 0 Å². The van der Waals surface area contributed by atoms with Crippen molar-refractivity contribution in [2.45, 2.75) is 45.7 Å². The van der Waals surface area contributed by atoms with E-state index in [1.807, 2.05) is 55.5 Å². The van der Waals surface area contributed by atoms with E-state index in [2.05, 4.69) is 22.4 Å². The lowest BCUT2D eigenvalue weighted by atomic mass is 10.1. The van der Waals surface area contributed by atoms with Crippen molar-refractivity contribution in [1.29, 1.82) is 0 Å². The molecule has 0 spiro atoms. The molecule has 31 heavy (non-hydrogen) atoms. The van der Waals surface area contributed by atoms with E-state index in [0.717, 1.165) is 18.4 Å². The molecule has 0 saturated heterocycles. The normalized spacial score (nSPS) is 11.8. The molecule has 0 aliphatic heterocycles. The van der Waals surface area contributed by atoms with Crippen molar-refractivity contribution in [3.8, 4) is 11.4 Å². The average Bonchev–Trinajstić information content (AvgIpc) is 2.78. The SMILES string of the molecule is Cc1nc(-c2ccccc2)n(CC(=O)NC(C)CCc2ccccc2)c(=O)c1CCO. The highest BCUT2D eigenvalue weighted by Gasteiger charge is 2.18. The first-order valence-corrected chi connectivity index (χ1v) is 10.6. The number of aromatic nitrogens is 2. The van der Waals surface area contributed by atoms with Crippen LogP contribution in [0.1, 0.15) is 30.2 Å². The second kappa shape index (κ2) is 10.7. The van der Waals surface area contributed by atoms with Crippen LogP contribution in [0.25, 0.3) is 11.4 Å². The summed E-state index contributed by atoms with van der Waals surface area (Å²) in [7, 11) is 0. The molecule has 0 fully saturated rings. The molecular weight excluding hydrogens is 390 g/mol. The van der Waals surface area contributed by atoms with Gasteiger partial charge in [-0.15, -0.1) is 0 Å². The molecule has 1 unspecified atom stereocenters. The van der Waals surface area contributed by atoms with E-state index in [-0.39, 0.29) is 37.1 Å². The van der Waals surface area contributed by atoms with Crippen LogP contribution < -0.4 is 10.9 Å². The van der Waals surface area contributed by atoms with E-state index in [1.165, 1.54) is 10.1 Å². The van der Waals surface area contributed by atoms with Crippen LogP contribution >= 0.6 is 0 Å². The zero-order valence-corrected chi connectivity index (χ0v) is 18.0. The fraction of sp³-hybridized carbons (Fsp3) is 0.320. The molecule has 1 aromatic heterocycles. The number of amides is 1. The molecule has 6 nitrogen and oxygen atoms in total. The monoisotopic (exact) mass is 419 g/mol. The first-order valence-electron chi connectivity index (χ1n) is 10.6. The highest BCUT2D eigenvalue weighted by molar-refractivity contribution is 5.76. The van der Waals surface area contributed by atoms with Gasteiger partial charge in [0.2, 0.25) is 5.91 Å². The number of nitrogens with zero attached hydrogens (tertiary/aromatic N) is 2. The number of hydrogen-bond donors (Lipinski definition) is 2. The van der Waals surface area contributed by atoms with Gasteiger partial charge in [-0.05, 0) is 32.3 Å². The molecule has 1 heterocycles. The molecule has 2 aromatic carbocycles. The van der Waals surface area contributed by atoms with E-state index < -0.39 is 0 Å². The zero-order chi connectivity index (χ0) is 22.2. The predicted octanol–water partition coefficient (Wildman–Crippen LogP) is 2.89. The summed E-state index contributed by atoms with van der Waals surface area (Å²) in [6.45, 7) is 3.46. The Kier molecular flexibility index (Phi) is 7.73. The summed E-state index contributed by atoms with van der Waals surface area (Å²) in [4.78, 5) is 30.5. The van der Waals surface area contributed by atoms with Gasteiger partial charge in [0, 0.05) is 35.9 Å². The number of nitrogens with one attached hydrogen (secondary N) is 1. The molecule has 3 aromatic rings. The Balaban J connectivity index is 1.79. The number of benzene rings is 2. The van der Waals surface area contributed by atoms with Crippen LogP contribution in [0.5, 0.6) is 0 Å². The molecule has 1 amide bonds. The molecule has 2 N–H and O–H groups in total. The lowest BCUT2D eigenvalue weighted by Crippen LogP contribution is -2.39. The van der Waals surface area contributed by atoms with Crippen LogP contribution in [-0.2, 0) is 24.2 Å². The van der Waals surface area contributed by atoms with Gasteiger partial charge in [0.05, 0.1) is 0 Å². The topological polar surface area (TPSA) is 84.2 Å². The van der Waals surface area contributed by atoms with Gasteiger partial charge in [-0.2, -0.15) is 0 Å². The summed E-state index contributed by atoms with van der Waals surface area (Å²) in [5.74, 6) is 0.220. The lowest BCUT2D eigenvalue weighted by Gasteiger charge is -2.18. The minimum Gasteiger partial charge on any atom is -0.396 e. The van der Waals surface area contributed by atoms with E-state index in [9.17, 15) is 14.7 Å². The molecule has 0 radical (unpaired) electrons. The van der Waals surface area contributed by atoms with Crippen molar-refractivity contribution >= 4 is 5.91 Å². The fourth-order valence-electron chi connectivity index (χ4n) is 3.62. The highest BCUT2D eigenvalue weighted by Crippen LogP contribution is 2.17. The summed E-state index contributed by atoms with van der Waals surface area (Å²) in [5.41, 5.74) is 2.72. The van der Waals surface area contributed by atoms with E-state index in [4.69, 9.17) is 0 Å². The number of carbonyl (C=O) groups excluding carboxylic acids is 1. The Morgan fingerprint density at radius 1 is 1.06 bits per heavy atom. The molecule has 0 aliphatic rings. The second-order valence-electron chi connectivity index (χ2n) is 7.72. The van der Waals surface area contributed by atoms with Crippen LogP contribution in [0.4, 0.5) is 0 Å². The Hall–Kier alpha value is -3.25. The van der Waals surface area contributed by atoms with Gasteiger partial charge >= 0.3 is 0 Å². The van der Waals surface area contributed by atoms with E-state index >= 15 is 0 Å². The fourth-order valence-corrected chi connectivity index (χ4v) is 3.62. The van der Waals surface area contributed by atoms with E-state index in [1.54, 1.807) is 6.92 Å². The summed E-state index contributed by atoms with van der Waals surface area (Å²) < 4.78 is 1.41. The number of aryl methyl sites for hydroxylation is 2. The van der Waals surface area contributed by atoms with Crippen LogP contribution in [0.3, 0.4) is 0 Å². The number of aliphatic hydroxyl groups is 1. The van der Waals surface area contributed by atoms with Gasteiger partial charge < -0.3 is 10.4 Å². The maximum absolute atomic E-state index is 13.1. The quantitative estimate of drug-likeness (QED) is 0.559. The second-order valence-corrected chi connectivity index (χ2v) is 7.72. The Morgan fingerprint density at radius 2 is 1.71 bits per heavy atom. The van der Waals surface area contributed by atoms with Crippen molar-refractivity contribution in [1.82, 2.24) is 14.9 Å². The third-order valence-electron chi connectivity index (χ3n) is 5.28. The Labute approximate surface area is 182 Å². The molecule has 3 rings (SSSR count). The van der Waals surface area contributed by atoms with Crippen LogP contribution in [0, 0.1) is 6.92 Å². The first kappa shape index (κ1) is 22.4. The Morgan fingerprint density at radius 3 is 2.35 bits per heavy atom. The maximum Gasteiger partial charge on any atom is 0.257 e. The number of carbonyl (C=O) groups is 1. The van der Waals surface area contributed by atoms with Crippen molar-refractivity contribution in [2.24, 2.45) is 0 Å². The van der Waals surface area contributed by atoms with Crippen molar-refractivity contribution in [3.63, 3.8) is 0 Å². The predicted molar refractivity (Wildman–Crippen MR) is 122 cm³/mol. The number of rotatable bonds is 9. The van der Waals surface area contributed by atoms with Crippen LogP contribution in [-0.4, -0.2) is 33.2 Å². The summed E-state index contributed by atoms with van der Waals surface area (Å²) in [6.07, 6.45) is 1.88. The third kappa shape index (κ3) is 5.89. The smallest absolute Gasteiger partial charge is 0.257 e. The maximum atomic E-state index is 13.1. The summed E-state index contributed by atoms with van der Waals surface area (Å²) in [5, 5.41) is 12.3. The number of hydrogen-bond acceptors (Lipinski definition) is 4. The first-order chi connectivity index (χ1) is 15.0. The van der Waals surface area contributed by atoms with Crippen molar-refractivity contribution in [3.05, 3.63) is 87.8 Å². The molecule has 0 bridgehead atoms. The summed E-state index contributed by atoms with van der Waals surface area (Å²) >= 11 is 0. The molecular formula is C25H29N3O3. The standard InChI is InChI=1S/C25H29N3O3/c1-18(13-14-20-9-5-3-6-10-20)26-23(30)17-28-24(21-11-7-4-8-12-21)27-19(2)22(15-16-29)25(28)31/h3-12,18,29H,13-17H2,1-2H3,(H,26,30). The summed E-state index contributed by atoms with van der Waals surface area (Å²) in [6, 6.07) is 19.5. The third-order valence-corrected chi connectivity index (χ3v) is 5.28. The van der Waals surface area contributed by atoms with Gasteiger partial charge in [-0.25, -0.2) is 4.98 Å². The van der Waals surface area contributed by atoms with Crippen molar-refractivity contribution in [2.75, 3.05) is 6.61 Å². The van der Waals surface area contributed by atoms with Gasteiger partial charge in [-0.1, -0.05) is 60.7 Å². The van der Waals surface area contributed by atoms with Gasteiger partial charge in [0.1, 0.15) is 12.4 Å². The molecule has 6 heteroatoms. The van der Waals surface area contributed by atoms with Gasteiger partial charge in [-0.3, -0.25) is 14.2 Å². The minimum atomic E-state index is -0.285. The average molecular weight is 420 g/mol. The zero-order valence-electron chi connectivity index (χ0n) is 18.0. The number of aliphatic hydroxyl groups excluding tert-OH is 1. The highest BCUT2D eigenvalue weighted by atomic mass is 16.3. The minimum absolute atomic E-state index is 0.0288.